The van der Waals surface area contributed by atoms with E-state index < -0.39 is 11.6 Å². The van der Waals surface area contributed by atoms with Gasteiger partial charge in [0.15, 0.2) is 5.60 Å². The Labute approximate surface area is 153 Å². The molecule has 3 rings (SSSR count). The van der Waals surface area contributed by atoms with Gasteiger partial charge in [0.2, 0.25) is 0 Å². The summed E-state index contributed by atoms with van der Waals surface area (Å²) in [7, 11) is 4.61. The molecule has 1 aliphatic rings. The number of ether oxygens (including phenoxy) is 4. The largest absolute Gasteiger partial charge is 0.497 e. The van der Waals surface area contributed by atoms with Gasteiger partial charge in [-0.15, -0.1) is 0 Å². The maximum Gasteiger partial charge on any atom is 0.343 e. The van der Waals surface area contributed by atoms with Crippen molar-refractivity contribution < 1.29 is 23.7 Å². The van der Waals surface area contributed by atoms with E-state index in [4.69, 9.17) is 18.9 Å². The van der Waals surface area contributed by atoms with Gasteiger partial charge in [0.1, 0.15) is 11.5 Å². The molecule has 0 unspecified atom stereocenters. The quantitative estimate of drug-likeness (QED) is 0.767. The summed E-state index contributed by atoms with van der Waals surface area (Å²) in [6.45, 7) is 2.39. The smallest absolute Gasteiger partial charge is 0.343 e. The van der Waals surface area contributed by atoms with E-state index in [1.54, 1.807) is 14.2 Å². The van der Waals surface area contributed by atoms with Gasteiger partial charge in [0, 0.05) is 17.9 Å². The lowest BCUT2D eigenvalue weighted by molar-refractivity contribution is -0.165. The highest BCUT2D eigenvalue weighted by Gasteiger charge is 2.51. The molecule has 0 radical (unpaired) electrons. The number of esters is 1. The van der Waals surface area contributed by atoms with E-state index in [1.165, 1.54) is 7.11 Å². The van der Waals surface area contributed by atoms with Gasteiger partial charge in [-0.2, -0.15) is 0 Å². The normalized spacial score (nSPS) is 22.1. The fourth-order valence-corrected chi connectivity index (χ4v) is 3.56. The molecule has 1 aliphatic heterocycles. The van der Waals surface area contributed by atoms with Gasteiger partial charge < -0.3 is 18.9 Å². The Hall–Kier alpha value is -2.53. The van der Waals surface area contributed by atoms with Gasteiger partial charge in [0.05, 0.1) is 27.9 Å². The summed E-state index contributed by atoms with van der Waals surface area (Å²) in [5.74, 6) is 1.04. The van der Waals surface area contributed by atoms with E-state index in [0.29, 0.717) is 24.3 Å². The SMILES string of the molecule is COC(=O)[C@]1(c2cc(C)ccc2OC)C[C@H](c2cccc(OC)c2)CO1. The number of aryl methyl sites for hydroxylation is 1. The predicted octanol–water partition coefficient (Wildman–Crippen LogP) is 3.58. The summed E-state index contributed by atoms with van der Waals surface area (Å²) in [5, 5.41) is 0. The molecule has 26 heavy (non-hydrogen) atoms. The highest BCUT2D eigenvalue weighted by molar-refractivity contribution is 5.83. The minimum Gasteiger partial charge on any atom is -0.497 e. The number of hydrogen-bond acceptors (Lipinski definition) is 5. The van der Waals surface area contributed by atoms with E-state index in [9.17, 15) is 4.79 Å². The first-order valence-corrected chi connectivity index (χ1v) is 8.55. The molecule has 0 aromatic heterocycles. The summed E-state index contributed by atoms with van der Waals surface area (Å²) in [6.07, 6.45) is 0.479. The first-order chi connectivity index (χ1) is 12.5. The number of rotatable bonds is 5. The third-order valence-electron chi connectivity index (χ3n) is 4.94. The third-order valence-corrected chi connectivity index (χ3v) is 4.94. The van der Waals surface area contributed by atoms with Gasteiger partial charge in [-0.3, -0.25) is 0 Å². The Balaban J connectivity index is 2.03. The zero-order chi connectivity index (χ0) is 18.7. The number of benzene rings is 2. The number of carbonyl (C=O) groups is 1. The highest BCUT2D eigenvalue weighted by atomic mass is 16.6. The van der Waals surface area contributed by atoms with Crippen LogP contribution in [0.4, 0.5) is 0 Å². The Kier molecular flexibility index (Phi) is 5.18. The van der Waals surface area contributed by atoms with Crippen LogP contribution in [0.15, 0.2) is 42.5 Å². The molecule has 2 aromatic carbocycles. The van der Waals surface area contributed by atoms with Crippen molar-refractivity contribution in [1.29, 1.82) is 0 Å². The monoisotopic (exact) mass is 356 g/mol. The average molecular weight is 356 g/mol. The van der Waals surface area contributed by atoms with Crippen LogP contribution in [0.25, 0.3) is 0 Å². The van der Waals surface area contributed by atoms with Crippen LogP contribution in [-0.4, -0.2) is 33.9 Å². The molecule has 0 amide bonds. The van der Waals surface area contributed by atoms with Crippen LogP contribution in [-0.2, 0) is 19.9 Å². The van der Waals surface area contributed by atoms with Gasteiger partial charge in [-0.25, -0.2) is 4.79 Å². The van der Waals surface area contributed by atoms with Crippen LogP contribution in [0.2, 0.25) is 0 Å². The van der Waals surface area contributed by atoms with E-state index in [1.807, 2.05) is 49.4 Å². The second kappa shape index (κ2) is 7.38. The fourth-order valence-electron chi connectivity index (χ4n) is 3.56. The summed E-state index contributed by atoms with van der Waals surface area (Å²) in [4.78, 5) is 12.8. The second-order valence-electron chi connectivity index (χ2n) is 6.51. The molecular formula is C21H24O5. The molecule has 0 saturated carbocycles. The molecule has 2 atom stereocenters. The van der Waals surface area contributed by atoms with Gasteiger partial charge in [0.25, 0.3) is 0 Å². The van der Waals surface area contributed by atoms with Crippen LogP contribution in [0.3, 0.4) is 0 Å². The van der Waals surface area contributed by atoms with Crippen molar-refractivity contribution in [2.24, 2.45) is 0 Å². The van der Waals surface area contributed by atoms with Crippen molar-refractivity contribution in [3.05, 3.63) is 59.2 Å². The lowest BCUT2D eigenvalue weighted by atomic mass is 9.83. The van der Waals surface area contributed by atoms with Crippen LogP contribution >= 0.6 is 0 Å². The highest BCUT2D eigenvalue weighted by Crippen LogP contribution is 2.47. The minimum absolute atomic E-state index is 0.0504. The molecule has 1 heterocycles. The van der Waals surface area contributed by atoms with E-state index >= 15 is 0 Å². The molecule has 1 fully saturated rings. The summed E-state index contributed by atoms with van der Waals surface area (Å²) in [5.41, 5.74) is 1.62. The Bertz CT molecular complexity index is 801. The van der Waals surface area contributed by atoms with Crippen molar-refractivity contribution in [3.63, 3.8) is 0 Å². The standard InChI is InChI=1S/C21H24O5/c1-14-8-9-19(24-3)18(10-14)21(20(22)25-4)12-16(13-26-21)15-6-5-7-17(11-15)23-2/h5-11,16H,12-13H2,1-4H3/t16-,21+/m0/s1. The number of methoxy groups -OCH3 is 3. The average Bonchev–Trinajstić information content (AvgIpc) is 3.14. The summed E-state index contributed by atoms with van der Waals surface area (Å²) < 4.78 is 22.1. The third kappa shape index (κ3) is 3.15. The molecule has 0 spiro atoms. The first-order valence-electron chi connectivity index (χ1n) is 8.55. The van der Waals surface area contributed by atoms with Gasteiger partial charge in [-0.05, 0) is 36.8 Å². The van der Waals surface area contributed by atoms with E-state index in [0.717, 1.165) is 16.9 Å². The van der Waals surface area contributed by atoms with E-state index in [-0.39, 0.29) is 5.92 Å². The van der Waals surface area contributed by atoms with Crippen LogP contribution < -0.4 is 9.47 Å². The molecular weight excluding hydrogens is 332 g/mol. The molecule has 1 saturated heterocycles. The summed E-state index contributed by atoms with van der Waals surface area (Å²) in [6, 6.07) is 13.6. The molecule has 138 valence electrons. The Morgan fingerprint density at radius 1 is 1.12 bits per heavy atom. The predicted molar refractivity (Wildman–Crippen MR) is 97.7 cm³/mol. The Morgan fingerprint density at radius 2 is 1.92 bits per heavy atom. The second-order valence-corrected chi connectivity index (χ2v) is 6.51. The number of carbonyl (C=O) groups excluding carboxylic acids is 1. The zero-order valence-corrected chi connectivity index (χ0v) is 15.6. The van der Waals surface area contributed by atoms with Crippen molar-refractivity contribution in [2.45, 2.75) is 24.9 Å². The molecule has 0 aliphatic carbocycles. The van der Waals surface area contributed by atoms with Crippen LogP contribution in [0.5, 0.6) is 11.5 Å². The van der Waals surface area contributed by atoms with Crippen LogP contribution in [0.1, 0.15) is 29.0 Å². The first kappa shape index (κ1) is 18.3. The zero-order valence-electron chi connectivity index (χ0n) is 15.6. The molecule has 5 nitrogen and oxygen atoms in total. The van der Waals surface area contributed by atoms with Crippen molar-refractivity contribution in [1.82, 2.24) is 0 Å². The minimum atomic E-state index is -1.18. The fraction of sp³-hybridized carbons (Fsp3) is 0.381. The maximum atomic E-state index is 12.8. The topological polar surface area (TPSA) is 54.0 Å². The summed E-state index contributed by atoms with van der Waals surface area (Å²) >= 11 is 0. The van der Waals surface area contributed by atoms with E-state index in [2.05, 4.69) is 0 Å². The molecule has 0 bridgehead atoms. The van der Waals surface area contributed by atoms with Crippen LogP contribution in [0, 0.1) is 6.92 Å². The molecule has 0 N–H and O–H groups in total. The number of hydrogen-bond donors (Lipinski definition) is 0. The van der Waals surface area contributed by atoms with Crippen molar-refractivity contribution >= 4 is 5.97 Å². The Morgan fingerprint density at radius 3 is 2.62 bits per heavy atom. The van der Waals surface area contributed by atoms with Crippen molar-refractivity contribution in [3.8, 4) is 11.5 Å². The maximum absolute atomic E-state index is 12.8. The lowest BCUT2D eigenvalue weighted by Crippen LogP contribution is -2.36. The van der Waals surface area contributed by atoms with Gasteiger partial charge in [-0.1, -0.05) is 23.8 Å². The van der Waals surface area contributed by atoms with Crippen molar-refractivity contribution in [2.75, 3.05) is 27.9 Å². The van der Waals surface area contributed by atoms with Gasteiger partial charge >= 0.3 is 5.97 Å². The lowest BCUT2D eigenvalue weighted by Gasteiger charge is -2.28. The molecule has 5 heteroatoms. The molecule has 2 aromatic rings.